The largest absolute Gasteiger partial charge is 0.273 e. The molecule has 1 aromatic carbocycles. The van der Waals surface area contributed by atoms with Crippen LogP contribution in [0.2, 0.25) is 0 Å². The quantitative estimate of drug-likeness (QED) is 0.621. The highest BCUT2D eigenvalue weighted by Gasteiger charge is 2.23. The molecule has 17 heavy (non-hydrogen) atoms. The van der Waals surface area contributed by atoms with Gasteiger partial charge in [-0.15, -0.1) is 0 Å². The Hall–Kier alpha value is -2.24. The molecule has 0 spiro atoms. The molecule has 1 unspecified atom stereocenters. The molecule has 6 heteroatoms. The summed E-state index contributed by atoms with van der Waals surface area (Å²) in [6.07, 6.45) is 0.327. The van der Waals surface area contributed by atoms with Gasteiger partial charge in [-0.05, 0) is 12.5 Å². The van der Waals surface area contributed by atoms with Gasteiger partial charge < -0.3 is 0 Å². The highest BCUT2D eigenvalue weighted by atomic mass is 16.6. The number of nitro benzene ring substituents is 1. The van der Waals surface area contributed by atoms with Gasteiger partial charge in [0.2, 0.25) is 5.91 Å². The number of rotatable bonds is 2. The predicted octanol–water partition coefficient (Wildman–Crippen LogP) is 1.57. The van der Waals surface area contributed by atoms with Crippen molar-refractivity contribution in [3.63, 3.8) is 0 Å². The van der Waals surface area contributed by atoms with Gasteiger partial charge in [-0.1, -0.05) is 12.1 Å². The van der Waals surface area contributed by atoms with Gasteiger partial charge in [0.15, 0.2) is 0 Å². The van der Waals surface area contributed by atoms with Crippen molar-refractivity contribution in [2.24, 2.45) is 5.10 Å². The van der Waals surface area contributed by atoms with E-state index in [0.717, 1.165) is 11.3 Å². The van der Waals surface area contributed by atoms with Gasteiger partial charge in [0, 0.05) is 30.2 Å². The van der Waals surface area contributed by atoms with E-state index in [1.165, 1.54) is 12.1 Å². The lowest BCUT2D eigenvalue weighted by atomic mass is 9.90. The number of hydrazone groups is 1. The fourth-order valence-corrected chi connectivity index (χ4v) is 1.79. The number of carbonyl (C=O) groups is 1. The molecule has 0 radical (unpaired) electrons. The van der Waals surface area contributed by atoms with Crippen molar-refractivity contribution in [2.75, 3.05) is 0 Å². The van der Waals surface area contributed by atoms with Crippen LogP contribution < -0.4 is 5.43 Å². The van der Waals surface area contributed by atoms with Crippen LogP contribution in [0.5, 0.6) is 0 Å². The van der Waals surface area contributed by atoms with E-state index in [9.17, 15) is 14.9 Å². The fourth-order valence-electron chi connectivity index (χ4n) is 1.79. The maximum absolute atomic E-state index is 11.2. The second-order valence-corrected chi connectivity index (χ2v) is 3.89. The van der Waals surface area contributed by atoms with E-state index in [-0.39, 0.29) is 17.5 Å². The van der Waals surface area contributed by atoms with Crippen LogP contribution in [0.4, 0.5) is 5.69 Å². The monoisotopic (exact) mass is 233 g/mol. The van der Waals surface area contributed by atoms with E-state index >= 15 is 0 Å². The molecule has 0 fully saturated rings. The minimum absolute atomic E-state index is 0.0450. The molecule has 1 amide bonds. The summed E-state index contributed by atoms with van der Waals surface area (Å²) in [5.41, 5.74) is 4.12. The van der Waals surface area contributed by atoms with Crippen LogP contribution in [-0.4, -0.2) is 16.5 Å². The van der Waals surface area contributed by atoms with E-state index in [1.807, 2.05) is 6.92 Å². The predicted molar refractivity (Wildman–Crippen MR) is 61.7 cm³/mol. The van der Waals surface area contributed by atoms with E-state index in [1.54, 1.807) is 12.1 Å². The second-order valence-electron chi connectivity index (χ2n) is 3.89. The fraction of sp³-hybridized carbons (Fsp3) is 0.273. The van der Waals surface area contributed by atoms with Crippen LogP contribution in [0.15, 0.2) is 29.4 Å². The molecule has 1 heterocycles. The molecule has 1 N–H and O–H groups in total. The number of hydrogen-bond acceptors (Lipinski definition) is 4. The Morgan fingerprint density at radius 3 is 2.65 bits per heavy atom. The molecule has 0 aliphatic carbocycles. The van der Waals surface area contributed by atoms with Gasteiger partial charge in [0.1, 0.15) is 0 Å². The molecule has 0 aromatic heterocycles. The van der Waals surface area contributed by atoms with Crippen LogP contribution in [0.3, 0.4) is 0 Å². The molecule has 6 nitrogen and oxygen atoms in total. The van der Waals surface area contributed by atoms with Crippen molar-refractivity contribution in [3.8, 4) is 0 Å². The number of carbonyl (C=O) groups excluding carboxylic acids is 1. The molecule has 0 saturated carbocycles. The minimum Gasteiger partial charge on any atom is -0.273 e. The summed E-state index contributed by atoms with van der Waals surface area (Å²) in [5, 5.41) is 14.4. The van der Waals surface area contributed by atoms with Gasteiger partial charge in [-0.3, -0.25) is 14.9 Å². The molecule has 1 aromatic rings. The van der Waals surface area contributed by atoms with Crippen LogP contribution >= 0.6 is 0 Å². The first-order valence-corrected chi connectivity index (χ1v) is 5.15. The normalized spacial score (nSPS) is 19.5. The first-order chi connectivity index (χ1) is 8.08. The number of nitro groups is 1. The third-order valence-electron chi connectivity index (χ3n) is 2.76. The second kappa shape index (κ2) is 4.32. The van der Waals surface area contributed by atoms with E-state index in [4.69, 9.17) is 0 Å². The first-order valence-electron chi connectivity index (χ1n) is 5.15. The van der Waals surface area contributed by atoms with Gasteiger partial charge in [-0.25, -0.2) is 5.43 Å². The van der Waals surface area contributed by atoms with Gasteiger partial charge >= 0.3 is 0 Å². The van der Waals surface area contributed by atoms with E-state index < -0.39 is 4.92 Å². The summed E-state index contributed by atoms with van der Waals surface area (Å²) in [4.78, 5) is 21.3. The van der Waals surface area contributed by atoms with E-state index in [0.29, 0.717) is 6.42 Å². The Bertz CT molecular complexity index is 493. The summed E-state index contributed by atoms with van der Waals surface area (Å²) in [5.74, 6) is -0.233. The minimum atomic E-state index is -0.446. The molecular weight excluding hydrogens is 222 g/mol. The third-order valence-corrected chi connectivity index (χ3v) is 2.76. The first kappa shape index (κ1) is 11.3. The zero-order valence-electron chi connectivity index (χ0n) is 9.21. The average Bonchev–Trinajstić information content (AvgIpc) is 2.32. The highest BCUT2D eigenvalue weighted by molar-refractivity contribution is 5.96. The summed E-state index contributed by atoms with van der Waals surface area (Å²) >= 11 is 0. The summed E-state index contributed by atoms with van der Waals surface area (Å²) in [7, 11) is 0. The molecule has 2 rings (SSSR count). The van der Waals surface area contributed by atoms with Crippen LogP contribution in [-0.2, 0) is 4.79 Å². The molecule has 0 bridgehead atoms. The zero-order valence-corrected chi connectivity index (χ0v) is 9.21. The Morgan fingerprint density at radius 2 is 2.06 bits per heavy atom. The van der Waals surface area contributed by atoms with Gasteiger partial charge in [0.05, 0.1) is 4.92 Å². The van der Waals surface area contributed by atoms with Gasteiger partial charge in [0.25, 0.3) is 5.69 Å². The Kier molecular flexibility index (Phi) is 2.86. The number of nitrogens with zero attached hydrogens (tertiary/aromatic N) is 2. The molecular formula is C11H11N3O3. The van der Waals surface area contributed by atoms with Crippen molar-refractivity contribution in [1.82, 2.24) is 5.43 Å². The number of amides is 1. The highest BCUT2D eigenvalue weighted by Crippen LogP contribution is 2.25. The summed E-state index contributed by atoms with van der Waals surface area (Å²) in [6, 6.07) is 6.21. The zero-order chi connectivity index (χ0) is 12.4. The van der Waals surface area contributed by atoms with Crippen LogP contribution in [0, 0.1) is 10.1 Å². The van der Waals surface area contributed by atoms with Crippen LogP contribution in [0.25, 0.3) is 0 Å². The van der Waals surface area contributed by atoms with Gasteiger partial charge in [-0.2, -0.15) is 5.10 Å². The standard InChI is InChI=1S/C11H11N3O3/c1-7-10(6-11(15)13-12-7)8-2-4-9(5-3-8)14(16)17/h2-5,10H,6H2,1H3,(H,13,15). The van der Waals surface area contributed by atoms with Crippen molar-refractivity contribution in [3.05, 3.63) is 39.9 Å². The maximum Gasteiger partial charge on any atom is 0.269 e. The Morgan fingerprint density at radius 1 is 1.41 bits per heavy atom. The van der Waals surface area contributed by atoms with Crippen molar-refractivity contribution in [2.45, 2.75) is 19.3 Å². The number of hydrogen-bond donors (Lipinski definition) is 1. The van der Waals surface area contributed by atoms with Crippen LogP contribution in [0.1, 0.15) is 24.8 Å². The summed E-state index contributed by atoms with van der Waals surface area (Å²) < 4.78 is 0. The Balaban J connectivity index is 2.28. The lowest BCUT2D eigenvalue weighted by Crippen LogP contribution is -2.30. The number of non-ortho nitro benzene ring substituents is 1. The number of nitrogens with one attached hydrogen (secondary N) is 1. The SMILES string of the molecule is CC1=NNC(=O)CC1c1ccc([N+](=O)[O-])cc1. The molecule has 88 valence electrons. The van der Waals surface area contributed by atoms with E-state index in [2.05, 4.69) is 10.5 Å². The smallest absolute Gasteiger partial charge is 0.269 e. The Labute approximate surface area is 97.5 Å². The average molecular weight is 233 g/mol. The lowest BCUT2D eigenvalue weighted by Gasteiger charge is -2.20. The molecule has 1 aliphatic rings. The lowest BCUT2D eigenvalue weighted by molar-refractivity contribution is -0.384. The topological polar surface area (TPSA) is 84.6 Å². The maximum atomic E-state index is 11.2. The molecule has 1 atom stereocenters. The molecule has 1 aliphatic heterocycles. The molecule has 0 saturated heterocycles. The van der Waals surface area contributed by atoms with Crippen molar-refractivity contribution >= 4 is 17.3 Å². The van der Waals surface area contributed by atoms with Crippen molar-refractivity contribution in [1.29, 1.82) is 0 Å². The number of benzene rings is 1. The summed E-state index contributed by atoms with van der Waals surface area (Å²) in [6.45, 7) is 1.82. The third kappa shape index (κ3) is 2.30. The van der Waals surface area contributed by atoms with Crippen molar-refractivity contribution < 1.29 is 9.72 Å².